The molecule has 0 spiro atoms. The lowest BCUT2D eigenvalue weighted by atomic mass is 9.97. The molecule has 1 aliphatic rings. The Morgan fingerprint density at radius 1 is 1.60 bits per heavy atom. The smallest absolute Gasteiger partial charge is 0.337 e. The SMILES string of the molecule is CC(N)c1nc(C(=O)N2CCCC(C(F)(F)F)C2)cs1. The second-order valence-electron chi connectivity index (χ2n) is 4.99. The summed E-state index contributed by atoms with van der Waals surface area (Å²) in [5.41, 5.74) is 5.84. The molecule has 1 saturated heterocycles. The number of halogens is 3. The lowest BCUT2D eigenvalue weighted by Crippen LogP contribution is -2.44. The van der Waals surface area contributed by atoms with Crippen molar-refractivity contribution < 1.29 is 18.0 Å². The van der Waals surface area contributed by atoms with Gasteiger partial charge in [0, 0.05) is 18.5 Å². The van der Waals surface area contributed by atoms with Crippen molar-refractivity contribution in [2.24, 2.45) is 11.7 Å². The summed E-state index contributed by atoms with van der Waals surface area (Å²) in [7, 11) is 0. The number of likely N-dealkylation sites (tertiary alicyclic amines) is 1. The van der Waals surface area contributed by atoms with Gasteiger partial charge in [-0.3, -0.25) is 4.79 Å². The molecule has 2 N–H and O–H groups in total. The van der Waals surface area contributed by atoms with Crippen LogP contribution < -0.4 is 5.73 Å². The number of alkyl halides is 3. The zero-order valence-electron chi connectivity index (χ0n) is 11.0. The Labute approximate surface area is 118 Å². The van der Waals surface area contributed by atoms with Crippen molar-refractivity contribution in [3.05, 3.63) is 16.1 Å². The predicted octanol–water partition coefficient (Wildman–Crippen LogP) is 2.58. The van der Waals surface area contributed by atoms with E-state index < -0.39 is 18.0 Å². The molecular formula is C12H16F3N3OS. The number of nitrogens with zero attached hydrogens (tertiary/aromatic N) is 2. The average molecular weight is 307 g/mol. The number of nitrogens with two attached hydrogens (primary N) is 1. The van der Waals surface area contributed by atoms with Crippen molar-refractivity contribution in [1.29, 1.82) is 0 Å². The van der Waals surface area contributed by atoms with Crippen LogP contribution in [0.15, 0.2) is 5.38 Å². The summed E-state index contributed by atoms with van der Waals surface area (Å²) in [6.07, 6.45) is -3.81. The summed E-state index contributed by atoms with van der Waals surface area (Å²) >= 11 is 1.25. The monoisotopic (exact) mass is 307 g/mol. The summed E-state index contributed by atoms with van der Waals surface area (Å²) in [5.74, 6) is -1.88. The molecule has 1 aliphatic heterocycles. The van der Waals surface area contributed by atoms with Crippen molar-refractivity contribution in [3.63, 3.8) is 0 Å². The highest BCUT2D eigenvalue weighted by molar-refractivity contribution is 7.09. The minimum Gasteiger partial charge on any atom is -0.337 e. The quantitative estimate of drug-likeness (QED) is 0.913. The Bertz CT molecular complexity index is 487. The van der Waals surface area contributed by atoms with E-state index in [-0.39, 0.29) is 24.7 Å². The van der Waals surface area contributed by atoms with Crippen LogP contribution in [0.25, 0.3) is 0 Å². The van der Waals surface area contributed by atoms with Gasteiger partial charge in [-0.05, 0) is 19.8 Å². The second-order valence-corrected chi connectivity index (χ2v) is 5.88. The van der Waals surface area contributed by atoms with Crippen molar-refractivity contribution in [2.75, 3.05) is 13.1 Å². The first kappa shape index (κ1) is 15.2. The Morgan fingerprint density at radius 3 is 2.85 bits per heavy atom. The van der Waals surface area contributed by atoms with Crippen LogP contribution in [0.1, 0.15) is 41.3 Å². The number of hydrogen-bond donors (Lipinski definition) is 1. The minimum atomic E-state index is -4.25. The highest BCUT2D eigenvalue weighted by Crippen LogP contribution is 2.33. The lowest BCUT2D eigenvalue weighted by Gasteiger charge is -2.33. The van der Waals surface area contributed by atoms with Crippen LogP contribution in [0.5, 0.6) is 0 Å². The number of carbonyl (C=O) groups is 1. The fraction of sp³-hybridized carbons (Fsp3) is 0.667. The van der Waals surface area contributed by atoms with E-state index in [1.165, 1.54) is 16.2 Å². The maximum absolute atomic E-state index is 12.7. The Kier molecular flexibility index (Phi) is 4.33. The Hall–Kier alpha value is -1.15. The highest BCUT2D eigenvalue weighted by atomic mass is 32.1. The third-order valence-corrected chi connectivity index (χ3v) is 4.35. The van der Waals surface area contributed by atoms with Crippen molar-refractivity contribution in [3.8, 4) is 0 Å². The third kappa shape index (κ3) is 3.29. The normalized spacial score (nSPS) is 21.9. The molecule has 1 fully saturated rings. The van der Waals surface area contributed by atoms with Crippen LogP contribution in [0, 0.1) is 5.92 Å². The predicted molar refractivity (Wildman–Crippen MR) is 69.4 cm³/mol. The largest absolute Gasteiger partial charge is 0.393 e. The number of carbonyl (C=O) groups excluding carboxylic acids is 1. The summed E-state index contributed by atoms with van der Waals surface area (Å²) in [5, 5.41) is 2.16. The molecule has 8 heteroatoms. The van der Waals surface area contributed by atoms with Crippen LogP contribution in [0.4, 0.5) is 13.2 Å². The van der Waals surface area contributed by atoms with Crippen LogP contribution in [0.2, 0.25) is 0 Å². The van der Waals surface area contributed by atoms with E-state index in [0.29, 0.717) is 18.0 Å². The van der Waals surface area contributed by atoms with Gasteiger partial charge in [-0.25, -0.2) is 4.98 Å². The van der Waals surface area contributed by atoms with E-state index in [0.717, 1.165) is 0 Å². The van der Waals surface area contributed by atoms with Crippen LogP contribution in [-0.4, -0.2) is 35.1 Å². The molecular weight excluding hydrogens is 291 g/mol. The maximum atomic E-state index is 12.7. The summed E-state index contributed by atoms with van der Waals surface area (Å²) in [6.45, 7) is 1.80. The average Bonchev–Trinajstić information content (AvgIpc) is 2.87. The van der Waals surface area contributed by atoms with Gasteiger partial charge in [-0.15, -0.1) is 11.3 Å². The number of hydrogen-bond acceptors (Lipinski definition) is 4. The molecule has 1 aromatic heterocycles. The third-order valence-electron chi connectivity index (χ3n) is 3.30. The molecule has 0 saturated carbocycles. The molecule has 1 aromatic rings. The Balaban J connectivity index is 2.08. The van der Waals surface area contributed by atoms with Crippen LogP contribution in [-0.2, 0) is 0 Å². The van der Waals surface area contributed by atoms with Gasteiger partial charge in [0.05, 0.1) is 12.0 Å². The van der Waals surface area contributed by atoms with Gasteiger partial charge < -0.3 is 10.6 Å². The summed E-state index contributed by atoms with van der Waals surface area (Å²) in [4.78, 5) is 17.5. The van der Waals surface area contributed by atoms with Gasteiger partial charge in [-0.1, -0.05) is 0 Å². The minimum absolute atomic E-state index is 0.0788. The fourth-order valence-corrected chi connectivity index (χ4v) is 2.94. The molecule has 2 unspecified atom stereocenters. The number of amides is 1. The number of piperidine rings is 1. The van der Waals surface area contributed by atoms with Crippen molar-refractivity contribution in [2.45, 2.75) is 32.0 Å². The molecule has 20 heavy (non-hydrogen) atoms. The molecule has 0 aliphatic carbocycles. The fourth-order valence-electron chi connectivity index (χ4n) is 2.19. The van der Waals surface area contributed by atoms with E-state index in [4.69, 9.17) is 5.73 Å². The number of thiazole rings is 1. The van der Waals surface area contributed by atoms with Crippen molar-refractivity contribution in [1.82, 2.24) is 9.88 Å². The molecule has 4 nitrogen and oxygen atoms in total. The zero-order chi connectivity index (χ0) is 14.9. The zero-order valence-corrected chi connectivity index (χ0v) is 11.8. The molecule has 1 amide bonds. The van der Waals surface area contributed by atoms with E-state index in [9.17, 15) is 18.0 Å². The van der Waals surface area contributed by atoms with Gasteiger partial charge in [0.25, 0.3) is 5.91 Å². The summed E-state index contributed by atoms with van der Waals surface area (Å²) in [6, 6.07) is -0.286. The van der Waals surface area contributed by atoms with Gasteiger partial charge >= 0.3 is 6.18 Å². The lowest BCUT2D eigenvalue weighted by molar-refractivity contribution is -0.184. The first-order valence-electron chi connectivity index (χ1n) is 6.36. The topological polar surface area (TPSA) is 59.2 Å². The van der Waals surface area contributed by atoms with Crippen LogP contribution >= 0.6 is 11.3 Å². The molecule has 0 radical (unpaired) electrons. The van der Waals surface area contributed by atoms with Crippen LogP contribution in [0.3, 0.4) is 0 Å². The highest BCUT2D eigenvalue weighted by Gasteiger charge is 2.42. The molecule has 0 aromatic carbocycles. The van der Waals surface area contributed by atoms with Crippen molar-refractivity contribution >= 4 is 17.2 Å². The van der Waals surface area contributed by atoms with Gasteiger partial charge in [0.1, 0.15) is 10.7 Å². The van der Waals surface area contributed by atoms with E-state index in [1.807, 2.05) is 0 Å². The van der Waals surface area contributed by atoms with E-state index >= 15 is 0 Å². The number of aromatic nitrogens is 1. The van der Waals surface area contributed by atoms with Gasteiger partial charge in [0.2, 0.25) is 0 Å². The standard InChI is InChI=1S/C12H16F3N3OS/c1-7(16)10-17-9(6-20-10)11(19)18-4-2-3-8(5-18)12(13,14)15/h6-8H,2-5,16H2,1H3. The molecule has 2 rings (SSSR count). The van der Waals surface area contributed by atoms with Gasteiger partial charge in [-0.2, -0.15) is 13.2 Å². The second kappa shape index (κ2) is 5.69. The first-order valence-corrected chi connectivity index (χ1v) is 7.24. The molecule has 2 heterocycles. The van der Waals surface area contributed by atoms with E-state index in [2.05, 4.69) is 4.98 Å². The molecule has 0 bridgehead atoms. The molecule has 2 atom stereocenters. The first-order chi connectivity index (χ1) is 9.29. The van der Waals surface area contributed by atoms with Gasteiger partial charge in [0.15, 0.2) is 0 Å². The molecule has 112 valence electrons. The number of rotatable bonds is 2. The maximum Gasteiger partial charge on any atom is 0.393 e. The van der Waals surface area contributed by atoms with E-state index in [1.54, 1.807) is 12.3 Å². The Morgan fingerprint density at radius 2 is 2.30 bits per heavy atom. The summed E-state index contributed by atoms with van der Waals surface area (Å²) < 4.78 is 38.2.